The molecule has 2 heterocycles. The zero-order valence-electron chi connectivity index (χ0n) is 11.7. The van der Waals surface area contributed by atoms with E-state index < -0.39 is 0 Å². The van der Waals surface area contributed by atoms with Gasteiger partial charge >= 0.3 is 0 Å². The van der Waals surface area contributed by atoms with E-state index >= 15 is 0 Å². The van der Waals surface area contributed by atoms with Crippen LogP contribution in [0.5, 0.6) is 0 Å². The highest BCUT2D eigenvalue weighted by molar-refractivity contribution is 9.10. The number of aromatic amines is 1. The molecule has 2 N–H and O–H groups in total. The fraction of sp³-hybridized carbons (Fsp3) is 0.294. The number of aromatic nitrogens is 1. The van der Waals surface area contributed by atoms with Crippen molar-refractivity contribution in [1.82, 2.24) is 10.3 Å². The summed E-state index contributed by atoms with van der Waals surface area (Å²) in [6, 6.07) is 10.8. The monoisotopic (exact) mass is 344 g/mol. The highest BCUT2D eigenvalue weighted by Crippen LogP contribution is 2.35. The standard InChI is InChI=1S/C17H17BrN2O/c18-11-6-7-15-14(9-11)13-4-1-5-16(17(13)20-15)19-10-12-3-2-8-21-12/h2-3,6-9,16,19-20H,1,4-5,10H2. The number of halogens is 1. The third-order valence-electron chi connectivity index (χ3n) is 4.27. The third-order valence-corrected chi connectivity index (χ3v) is 4.77. The van der Waals surface area contributed by atoms with Crippen molar-refractivity contribution in [1.29, 1.82) is 0 Å². The van der Waals surface area contributed by atoms with Crippen molar-refractivity contribution < 1.29 is 4.42 Å². The first-order valence-electron chi connectivity index (χ1n) is 7.37. The van der Waals surface area contributed by atoms with Gasteiger partial charge in [-0.05, 0) is 55.2 Å². The van der Waals surface area contributed by atoms with E-state index in [1.54, 1.807) is 6.26 Å². The maximum atomic E-state index is 5.41. The fourth-order valence-electron chi connectivity index (χ4n) is 3.28. The van der Waals surface area contributed by atoms with Crippen molar-refractivity contribution in [3.05, 3.63) is 58.1 Å². The van der Waals surface area contributed by atoms with Crippen LogP contribution in [0.15, 0.2) is 45.5 Å². The lowest BCUT2D eigenvalue weighted by Gasteiger charge is -2.23. The second-order valence-electron chi connectivity index (χ2n) is 5.61. The summed E-state index contributed by atoms with van der Waals surface area (Å²) in [7, 11) is 0. The number of fused-ring (bicyclic) bond motifs is 3. The van der Waals surface area contributed by atoms with Gasteiger partial charge in [0, 0.05) is 27.1 Å². The molecule has 0 fully saturated rings. The molecule has 0 bridgehead atoms. The Morgan fingerprint density at radius 1 is 1.33 bits per heavy atom. The number of hydrogen-bond acceptors (Lipinski definition) is 2. The minimum Gasteiger partial charge on any atom is -0.468 e. The lowest BCUT2D eigenvalue weighted by atomic mass is 9.91. The molecule has 4 heteroatoms. The average Bonchev–Trinajstić information content (AvgIpc) is 3.12. The molecule has 3 aromatic rings. The SMILES string of the molecule is Brc1ccc2[nH]c3c(c2c1)CCCC3NCc1ccco1. The van der Waals surface area contributed by atoms with E-state index in [1.807, 2.05) is 12.1 Å². The van der Waals surface area contributed by atoms with Crippen LogP contribution in [-0.2, 0) is 13.0 Å². The second-order valence-corrected chi connectivity index (χ2v) is 6.53. The summed E-state index contributed by atoms with van der Waals surface area (Å²) in [6.45, 7) is 0.774. The van der Waals surface area contributed by atoms with E-state index in [0.29, 0.717) is 6.04 Å². The number of rotatable bonds is 3. The smallest absolute Gasteiger partial charge is 0.117 e. The minimum atomic E-state index is 0.380. The molecule has 0 saturated carbocycles. The summed E-state index contributed by atoms with van der Waals surface area (Å²) in [6.07, 6.45) is 5.28. The van der Waals surface area contributed by atoms with Gasteiger partial charge in [-0.15, -0.1) is 0 Å². The molecular weight excluding hydrogens is 328 g/mol. The Bertz CT molecular complexity index is 761. The summed E-state index contributed by atoms with van der Waals surface area (Å²) in [5.41, 5.74) is 4.05. The Balaban J connectivity index is 1.66. The van der Waals surface area contributed by atoms with Gasteiger partial charge in [0.05, 0.1) is 12.8 Å². The van der Waals surface area contributed by atoms with Gasteiger partial charge < -0.3 is 14.7 Å². The third kappa shape index (κ3) is 2.43. The molecule has 0 aliphatic heterocycles. The topological polar surface area (TPSA) is 41.0 Å². The van der Waals surface area contributed by atoms with E-state index in [2.05, 4.69) is 44.4 Å². The number of furan rings is 1. The Morgan fingerprint density at radius 2 is 2.29 bits per heavy atom. The molecule has 0 spiro atoms. The van der Waals surface area contributed by atoms with E-state index in [1.165, 1.54) is 35.0 Å². The molecule has 1 aromatic carbocycles. The molecule has 4 rings (SSSR count). The van der Waals surface area contributed by atoms with E-state index in [4.69, 9.17) is 4.42 Å². The minimum absolute atomic E-state index is 0.380. The summed E-state index contributed by atoms with van der Waals surface area (Å²) in [5.74, 6) is 0.987. The van der Waals surface area contributed by atoms with Crippen LogP contribution in [0.25, 0.3) is 10.9 Å². The van der Waals surface area contributed by atoms with Gasteiger partial charge in [-0.25, -0.2) is 0 Å². The van der Waals surface area contributed by atoms with Crippen molar-refractivity contribution in [3.8, 4) is 0 Å². The maximum Gasteiger partial charge on any atom is 0.117 e. The largest absolute Gasteiger partial charge is 0.468 e. The summed E-state index contributed by atoms with van der Waals surface area (Å²) in [4.78, 5) is 3.61. The molecule has 0 radical (unpaired) electrons. The van der Waals surface area contributed by atoms with Crippen molar-refractivity contribution in [2.75, 3.05) is 0 Å². The second kappa shape index (κ2) is 5.35. The van der Waals surface area contributed by atoms with Crippen molar-refractivity contribution in [2.45, 2.75) is 31.8 Å². The van der Waals surface area contributed by atoms with Crippen molar-refractivity contribution in [2.24, 2.45) is 0 Å². The molecule has 1 atom stereocenters. The number of hydrogen-bond donors (Lipinski definition) is 2. The number of aryl methyl sites for hydroxylation is 1. The van der Waals surface area contributed by atoms with Crippen LogP contribution in [0.2, 0.25) is 0 Å². The highest BCUT2D eigenvalue weighted by atomic mass is 79.9. The fourth-order valence-corrected chi connectivity index (χ4v) is 3.64. The molecule has 108 valence electrons. The predicted octanol–water partition coefficient (Wildman–Crippen LogP) is 4.69. The quantitative estimate of drug-likeness (QED) is 0.723. The van der Waals surface area contributed by atoms with Gasteiger partial charge in [0.15, 0.2) is 0 Å². The molecule has 21 heavy (non-hydrogen) atoms. The molecule has 1 aliphatic carbocycles. The molecular formula is C17H17BrN2O. The zero-order valence-corrected chi connectivity index (χ0v) is 13.2. The first-order valence-corrected chi connectivity index (χ1v) is 8.16. The lowest BCUT2D eigenvalue weighted by molar-refractivity contribution is 0.413. The predicted molar refractivity (Wildman–Crippen MR) is 87.2 cm³/mol. The highest BCUT2D eigenvalue weighted by Gasteiger charge is 2.24. The Labute approximate surface area is 131 Å². The summed E-state index contributed by atoms with van der Waals surface area (Å²) >= 11 is 3.58. The van der Waals surface area contributed by atoms with Gasteiger partial charge in [-0.2, -0.15) is 0 Å². The van der Waals surface area contributed by atoms with Crippen LogP contribution >= 0.6 is 15.9 Å². The van der Waals surface area contributed by atoms with Crippen molar-refractivity contribution >= 4 is 26.8 Å². The molecule has 0 saturated heterocycles. The van der Waals surface area contributed by atoms with Crippen molar-refractivity contribution in [3.63, 3.8) is 0 Å². The van der Waals surface area contributed by atoms with Gasteiger partial charge in [0.2, 0.25) is 0 Å². The summed E-state index contributed by atoms with van der Waals surface area (Å²) < 4.78 is 6.55. The molecule has 0 amide bonds. The van der Waals surface area contributed by atoms with Gasteiger partial charge in [0.1, 0.15) is 5.76 Å². The van der Waals surface area contributed by atoms with Crippen LogP contribution in [0.3, 0.4) is 0 Å². The van der Waals surface area contributed by atoms with Gasteiger partial charge in [-0.1, -0.05) is 15.9 Å². The number of nitrogens with one attached hydrogen (secondary N) is 2. The molecule has 2 aromatic heterocycles. The molecule has 1 unspecified atom stereocenters. The first-order chi connectivity index (χ1) is 10.3. The van der Waals surface area contributed by atoms with Gasteiger partial charge in [0.25, 0.3) is 0 Å². The van der Waals surface area contributed by atoms with E-state index in [9.17, 15) is 0 Å². The molecule has 3 nitrogen and oxygen atoms in total. The van der Waals surface area contributed by atoms with E-state index in [-0.39, 0.29) is 0 Å². The van der Waals surface area contributed by atoms with Crippen LogP contribution in [-0.4, -0.2) is 4.98 Å². The summed E-state index contributed by atoms with van der Waals surface area (Å²) in [5, 5.41) is 4.97. The van der Waals surface area contributed by atoms with Gasteiger partial charge in [-0.3, -0.25) is 0 Å². The number of H-pyrrole nitrogens is 1. The van der Waals surface area contributed by atoms with Crippen LogP contribution in [0.4, 0.5) is 0 Å². The first kappa shape index (κ1) is 13.2. The normalized spacial score (nSPS) is 18.0. The lowest BCUT2D eigenvalue weighted by Crippen LogP contribution is -2.24. The van der Waals surface area contributed by atoms with Crippen LogP contribution in [0.1, 0.15) is 35.9 Å². The van der Waals surface area contributed by atoms with Crippen LogP contribution in [0, 0.1) is 0 Å². The maximum absolute atomic E-state index is 5.41. The zero-order chi connectivity index (χ0) is 14.2. The Kier molecular flexibility index (Phi) is 3.36. The number of benzene rings is 1. The van der Waals surface area contributed by atoms with Crippen LogP contribution < -0.4 is 5.32 Å². The van der Waals surface area contributed by atoms with E-state index in [0.717, 1.165) is 23.2 Å². The Hall–Kier alpha value is -1.52. The Morgan fingerprint density at radius 3 is 3.14 bits per heavy atom. The molecule has 1 aliphatic rings. The average molecular weight is 345 g/mol.